The van der Waals surface area contributed by atoms with Crippen molar-refractivity contribution in [3.63, 3.8) is 0 Å². The average molecular weight is 279 g/mol. The van der Waals surface area contributed by atoms with Crippen molar-refractivity contribution in [1.29, 1.82) is 0 Å². The SMILES string of the molecule is COCCNCc1ccc(Sc2nc(C)co2)nc1. The van der Waals surface area contributed by atoms with Gasteiger partial charge in [-0.05, 0) is 30.3 Å². The Bertz CT molecular complexity index is 499. The number of methoxy groups -OCH3 is 1. The van der Waals surface area contributed by atoms with Gasteiger partial charge in [-0.2, -0.15) is 0 Å². The van der Waals surface area contributed by atoms with Crippen LogP contribution in [0.2, 0.25) is 0 Å². The number of ether oxygens (including phenoxy) is 1. The van der Waals surface area contributed by atoms with Crippen molar-refractivity contribution in [2.45, 2.75) is 23.7 Å². The number of oxazole rings is 1. The summed E-state index contributed by atoms with van der Waals surface area (Å²) in [5, 5.41) is 4.77. The predicted octanol–water partition coefficient (Wildman–Crippen LogP) is 2.27. The maximum Gasteiger partial charge on any atom is 0.262 e. The highest BCUT2D eigenvalue weighted by Crippen LogP contribution is 2.24. The smallest absolute Gasteiger partial charge is 0.262 e. The lowest BCUT2D eigenvalue weighted by molar-refractivity contribution is 0.199. The molecule has 0 unspecified atom stereocenters. The molecular weight excluding hydrogens is 262 g/mol. The molecule has 0 radical (unpaired) electrons. The summed E-state index contributed by atoms with van der Waals surface area (Å²) in [4.78, 5) is 8.60. The van der Waals surface area contributed by atoms with Gasteiger partial charge in [0.25, 0.3) is 5.22 Å². The molecule has 2 aromatic rings. The Hall–Kier alpha value is -1.37. The summed E-state index contributed by atoms with van der Waals surface area (Å²) in [7, 11) is 1.69. The Morgan fingerprint density at radius 3 is 2.95 bits per heavy atom. The van der Waals surface area contributed by atoms with E-state index in [-0.39, 0.29) is 0 Å². The van der Waals surface area contributed by atoms with E-state index in [1.165, 1.54) is 11.8 Å². The highest BCUT2D eigenvalue weighted by atomic mass is 32.2. The van der Waals surface area contributed by atoms with Crippen LogP contribution in [-0.2, 0) is 11.3 Å². The lowest BCUT2D eigenvalue weighted by atomic mass is 10.3. The molecule has 0 aliphatic heterocycles. The standard InChI is InChI=1S/C13H17N3O2S/c1-10-9-18-13(16-10)19-12-4-3-11(8-15-12)7-14-5-6-17-2/h3-4,8-9,14H,5-7H2,1-2H3. The molecule has 0 aliphatic rings. The lowest BCUT2D eigenvalue weighted by Crippen LogP contribution is -2.18. The number of pyridine rings is 1. The molecule has 102 valence electrons. The summed E-state index contributed by atoms with van der Waals surface area (Å²) in [6, 6.07) is 4.02. The molecule has 0 amide bonds. The fourth-order valence-corrected chi connectivity index (χ4v) is 2.16. The number of hydrogen-bond acceptors (Lipinski definition) is 6. The highest BCUT2D eigenvalue weighted by Gasteiger charge is 2.04. The Balaban J connectivity index is 1.84. The predicted molar refractivity (Wildman–Crippen MR) is 73.2 cm³/mol. The summed E-state index contributed by atoms with van der Waals surface area (Å²) >= 11 is 1.42. The molecule has 2 heterocycles. The topological polar surface area (TPSA) is 60.2 Å². The monoisotopic (exact) mass is 279 g/mol. The number of nitrogens with one attached hydrogen (secondary N) is 1. The van der Waals surface area contributed by atoms with Gasteiger partial charge in [0.2, 0.25) is 0 Å². The van der Waals surface area contributed by atoms with Crippen molar-refractivity contribution in [2.24, 2.45) is 0 Å². The minimum Gasteiger partial charge on any atom is -0.439 e. The van der Waals surface area contributed by atoms with Crippen molar-refractivity contribution < 1.29 is 9.15 Å². The van der Waals surface area contributed by atoms with Crippen LogP contribution in [0.25, 0.3) is 0 Å². The van der Waals surface area contributed by atoms with Gasteiger partial charge in [0.1, 0.15) is 11.3 Å². The zero-order chi connectivity index (χ0) is 13.5. The molecule has 0 spiro atoms. The van der Waals surface area contributed by atoms with Gasteiger partial charge in [0, 0.05) is 26.4 Å². The van der Waals surface area contributed by atoms with E-state index in [1.54, 1.807) is 13.4 Å². The van der Waals surface area contributed by atoms with Gasteiger partial charge >= 0.3 is 0 Å². The second kappa shape index (κ2) is 7.28. The minimum atomic E-state index is 0.621. The summed E-state index contributed by atoms with van der Waals surface area (Å²) < 4.78 is 10.2. The first-order chi connectivity index (χ1) is 9.28. The normalized spacial score (nSPS) is 10.8. The second-order valence-corrected chi connectivity index (χ2v) is 5.00. The van der Waals surface area contributed by atoms with Crippen LogP contribution in [-0.4, -0.2) is 30.2 Å². The first-order valence-corrected chi connectivity index (χ1v) is 6.84. The first kappa shape index (κ1) is 14.0. The third kappa shape index (κ3) is 4.66. The Morgan fingerprint density at radius 2 is 2.32 bits per heavy atom. The van der Waals surface area contributed by atoms with Crippen LogP contribution in [0.15, 0.2) is 39.3 Å². The van der Waals surface area contributed by atoms with Crippen LogP contribution in [0, 0.1) is 6.92 Å². The zero-order valence-corrected chi connectivity index (χ0v) is 11.9. The molecule has 0 aliphatic carbocycles. The number of aryl methyl sites for hydroxylation is 1. The number of nitrogens with zero attached hydrogens (tertiary/aromatic N) is 2. The van der Waals surface area contributed by atoms with E-state index < -0.39 is 0 Å². The van der Waals surface area contributed by atoms with Gasteiger partial charge in [-0.15, -0.1) is 0 Å². The van der Waals surface area contributed by atoms with Crippen molar-refractivity contribution in [1.82, 2.24) is 15.3 Å². The van der Waals surface area contributed by atoms with E-state index >= 15 is 0 Å². The Kier molecular flexibility index (Phi) is 5.38. The average Bonchev–Trinajstić information content (AvgIpc) is 2.82. The molecule has 0 atom stereocenters. The quantitative estimate of drug-likeness (QED) is 0.785. The molecule has 6 heteroatoms. The van der Waals surface area contributed by atoms with Gasteiger partial charge in [-0.3, -0.25) is 0 Å². The van der Waals surface area contributed by atoms with Crippen molar-refractivity contribution in [2.75, 3.05) is 20.3 Å². The Morgan fingerprint density at radius 1 is 1.42 bits per heavy atom. The maximum absolute atomic E-state index is 5.28. The van der Waals surface area contributed by atoms with Crippen LogP contribution in [0.4, 0.5) is 0 Å². The summed E-state index contributed by atoms with van der Waals surface area (Å²) in [5.74, 6) is 0. The van der Waals surface area contributed by atoms with E-state index in [9.17, 15) is 0 Å². The van der Waals surface area contributed by atoms with E-state index in [0.717, 1.165) is 29.4 Å². The largest absolute Gasteiger partial charge is 0.439 e. The van der Waals surface area contributed by atoms with Gasteiger partial charge in [0.15, 0.2) is 0 Å². The molecule has 0 aromatic carbocycles. The third-order valence-electron chi connectivity index (χ3n) is 2.40. The van der Waals surface area contributed by atoms with Crippen LogP contribution in [0.3, 0.4) is 0 Å². The summed E-state index contributed by atoms with van der Waals surface area (Å²) in [5.41, 5.74) is 2.02. The zero-order valence-electron chi connectivity index (χ0n) is 11.0. The third-order valence-corrected chi connectivity index (χ3v) is 3.21. The van der Waals surface area contributed by atoms with Crippen molar-refractivity contribution in [3.8, 4) is 0 Å². The minimum absolute atomic E-state index is 0.621. The second-order valence-electron chi connectivity index (χ2n) is 4.03. The molecule has 0 saturated carbocycles. The molecule has 2 aromatic heterocycles. The van der Waals surface area contributed by atoms with Crippen molar-refractivity contribution in [3.05, 3.63) is 35.9 Å². The van der Waals surface area contributed by atoms with Crippen LogP contribution >= 0.6 is 11.8 Å². The van der Waals surface area contributed by atoms with E-state index in [4.69, 9.17) is 9.15 Å². The van der Waals surface area contributed by atoms with E-state index in [1.807, 2.05) is 25.3 Å². The maximum atomic E-state index is 5.28. The van der Waals surface area contributed by atoms with Crippen LogP contribution < -0.4 is 5.32 Å². The molecule has 0 bridgehead atoms. The molecule has 2 rings (SSSR count). The van der Waals surface area contributed by atoms with Gasteiger partial charge in [0.05, 0.1) is 12.3 Å². The van der Waals surface area contributed by atoms with E-state index in [0.29, 0.717) is 11.8 Å². The molecule has 5 nitrogen and oxygen atoms in total. The lowest BCUT2D eigenvalue weighted by Gasteiger charge is -2.04. The molecular formula is C13H17N3O2S. The van der Waals surface area contributed by atoms with Crippen molar-refractivity contribution >= 4 is 11.8 Å². The fourth-order valence-electron chi connectivity index (χ4n) is 1.45. The molecule has 0 saturated heterocycles. The summed E-state index contributed by atoms with van der Waals surface area (Å²) in [6.07, 6.45) is 3.49. The van der Waals surface area contributed by atoms with Crippen LogP contribution in [0.5, 0.6) is 0 Å². The fraction of sp³-hybridized carbons (Fsp3) is 0.385. The van der Waals surface area contributed by atoms with E-state index in [2.05, 4.69) is 15.3 Å². The first-order valence-electron chi connectivity index (χ1n) is 6.02. The highest BCUT2D eigenvalue weighted by molar-refractivity contribution is 7.99. The van der Waals surface area contributed by atoms with Gasteiger partial charge in [-0.25, -0.2) is 9.97 Å². The number of aromatic nitrogens is 2. The van der Waals surface area contributed by atoms with Gasteiger partial charge < -0.3 is 14.5 Å². The number of rotatable bonds is 7. The number of hydrogen-bond donors (Lipinski definition) is 1. The molecule has 1 N–H and O–H groups in total. The van der Waals surface area contributed by atoms with Gasteiger partial charge in [-0.1, -0.05) is 6.07 Å². The Labute approximate surface area is 116 Å². The van der Waals surface area contributed by atoms with Crippen LogP contribution in [0.1, 0.15) is 11.3 Å². The summed E-state index contributed by atoms with van der Waals surface area (Å²) in [6.45, 7) is 4.24. The molecule has 0 fully saturated rings. The molecule has 19 heavy (non-hydrogen) atoms.